The number of hydrogen-bond acceptors (Lipinski definition) is 8. The molecule has 1 atom stereocenters. The van der Waals surface area contributed by atoms with Crippen molar-refractivity contribution in [1.82, 2.24) is 4.57 Å². The molecule has 3 aromatic rings. The molecule has 1 aliphatic heterocycles. The molecule has 2 aromatic carbocycles. The number of esters is 1. The number of nitro groups is 1. The highest BCUT2D eigenvalue weighted by Gasteiger charge is 2.34. The fraction of sp³-hybridized carbons (Fsp3) is 0.208. The monoisotopic (exact) mass is 479 g/mol. The zero-order chi connectivity index (χ0) is 24.4. The quantitative estimate of drug-likeness (QED) is 0.305. The summed E-state index contributed by atoms with van der Waals surface area (Å²) in [7, 11) is 1.53. The number of nitro benzene ring substituents is 1. The molecule has 34 heavy (non-hydrogen) atoms. The van der Waals surface area contributed by atoms with Gasteiger partial charge in [0.05, 0.1) is 34.4 Å². The van der Waals surface area contributed by atoms with Crippen LogP contribution in [0.4, 0.5) is 5.69 Å². The fourth-order valence-corrected chi connectivity index (χ4v) is 4.87. The maximum Gasteiger partial charge on any atom is 0.338 e. The van der Waals surface area contributed by atoms with Crippen molar-refractivity contribution in [2.24, 2.45) is 4.99 Å². The number of ether oxygens (including phenoxy) is 2. The number of allylic oxidation sites excluding steroid dienone is 1. The van der Waals surface area contributed by atoms with Crippen LogP contribution in [-0.4, -0.2) is 29.2 Å². The second-order valence-electron chi connectivity index (χ2n) is 7.39. The second-order valence-corrected chi connectivity index (χ2v) is 8.40. The summed E-state index contributed by atoms with van der Waals surface area (Å²) in [6.45, 7) is 3.60. The summed E-state index contributed by atoms with van der Waals surface area (Å²) in [5, 5.41) is 10.9. The maximum absolute atomic E-state index is 13.6. The molecule has 2 heterocycles. The van der Waals surface area contributed by atoms with E-state index in [1.165, 1.54) is 35.1 Å². The Balaban J connectivity index is 1.94. The number of thiazole rings is 1. The smallest absolute Gasteiger partial charge is 0.338 e. The normalized spacial score (nSPS) is 15.5. The van der Waals surface area contributed by atoms with Crippen LogP contribution in [0, 0.1) is 10.1 Å². The van der Waals surface area contributed by atoms with E-state index < -0.39 is 16.9 Å². The minimum absolute atomic E-state index is 0.0375. The highest BCUT2D eigenvalue weighted by Crippen LogP contribution is 2.35. The highest BCUT2D eigenvalue weighted by atomic mass is 32.1. The number of carbonyl (C=O) groups is 1. The lowest BCUT2D eigenvalue weighted by atomic mass is 9.95. The molecule has 10 heteroatoms. The Labute approximate surface area is 198 Å². The number of non-ortho nitro benzene ring substituents is 1. The number of hydrogen-bond donors (Lipinski definition) is 0. The Kier molecular flexibility index (Phi) is 6.42. The van der Waals surface area contributed by atoms with Gasteiger partial charge in [-0.15, -0.1) is 0 Å². The van der Waals surface area contributed by atoms with Gasteiger partial charge in [-0.05, 0) is 43.7 Å². The Morgan fingerprint density at radius 1 is 1.24 bits per heavy atom. The van der Waals surface area contributed by atoms with Gasteiger partial charge in [0.25, 0.3) is 11.2 Å². The summed E-state index contributed by atoms with van der Waals surface area (Å²) >= 11 is 1.18. The SMILES string of the molecule is CCOC(=O)C1=C(C)N=c2s/c(=C\c3ccc([N+](=O)[O-])cc3)c(=O)n2C1c1ccccc1OC. The van der Waals surface area contributed by atoms with Crippen LogP contribution in [0.3, 0.4) is 0 Å². The number of methoxy groups -OCH3 is 1. The van der Waals surface area contributed by atoms with Gasteiger partial charge in [0.2, 0.25) is 0 Å². The molecule has 4 rings (SSSR count). The minimum Gasteiger partial charge on any atom is -0.496 e. The fourth-order valence-electron chi connectivity index (χ4n) is 3.82. The molecule has 0 saturated carbocycles. The van der Waals surface area contributed by atoms with Crippen LogP contribution in [0.5, 0.6) is 5.75 Å². The lowest BCUT2D eigenvalue weighted by molar-refractivity contribution is -0.384. The van der Waals surface area contributed by atoms with Crippen molar-refractivity contribution in [3.63, 3.8) is 0 Å². The topological polar surface area (TPSA) is 113 Å². The molecule has 0 radical (unpaired) electrons. The van der Waals surface area contributed by atoms with E-state index >= 15 is 0 Å². The summed E-state index contributed by atoms with van der Waals surface area (Å²) in [6, 6.07) is 12.3. The average Bonchev–Trinajstić information content (AvgIpc) is 3.13. The van der Waals surface area contributed by atoms with Crippen LogP contribution in [0.15, 0.2) is 69.6 Å². The zero-order valence-corrected chi connectivity index (χ0v) is 19.5. The first-order chi connectivity index (χ1) is 16.3. The third-order valence-electron chi connectivity index (χ3n) is 5.35. The highest BCUT2D eigenvalue weighted by molar-refractivity contribution is 7.07. The molecule has 0 spiro atoms. The van der Waals surface area contributed by atoms with E-state index in [1.54, 1.807) is 50.3 Å². The standard InChI is InChI=1S/C24H21N3O6S/c1-4-33-23(29)20-14(2)25-24-26(21(20)17-7-5-6-8-18(17)32-3)22(28)19(34-24)13-15-9-11-16(12-10-15)27(30)31/h5-13,21H,4H2,1-3H3/b19-13-. The van der Waals surface area contributed by atoms with Crippen LogP contribution < -0.4 is 19.6 Å². The van der Waals surface area contributed by atoms with Gasteiger partial charge in [0, 0.05) is 17.7 Å². The van der Waals surface area contributed by atoms with E-state index in [1.807, 2.05) is 6.07 Å². The number of aromatic nitrogens is 1. The van der Waals surface area contributed by atoms with Crippen LogP contribution >= 0.6 is 11.3 Å². The number of benzene rings is 2. The Morgan fingerprint density at radius 2 is 1.94 bits per heavy atom. The van der Waals surface area contributed by atoms with Gasteiger partial charge in [-0.1, -0.05) is 29.5 Å². The summed E-state index contributed by atoms with van der Waals surface area (Å²) < 4.78 is 12.7. The first-order valence-corrected chi connectivity index (χ1v) is 11.2. The van der Waals surface area contributed by atoms with Gasteiger partial charge >= 0.3 is 5.97 Å². The Hall–Kier alpha value is -4.05. The predicted octanol–water partition coefficient (Wildman–Crippen LogP) is 2.72. The van der Waals surface area contributed by atoms with Crippen molar-refractivity contribution in [3.8, 4) is 5.75 Å². The van der Waals surface area contributed by atoms with Gasteiger partial charge in [-0.2, -0.15) is 0 Å². The number of nitrogens with zero attached hydrogens (tertiary/aromatic N) is 3. The summed E-state index contributed by atoms with van der Waals surface area (Å²) in [4.78, 5) is 41.9. The largest absolute Gasteiger partial charge is 0.496 e. The number of carbonyl (C=O) groups excluding carboxylic acids is 1. The van der Waals surface area contributed by atoms with Crippen molar-refractivity contribution in [2.45, 2.75) is 19.9 Å². The van der Waals surface area contributed by atoms with Gasteiger partial charge in [-0.25, -0.2) is 9.79 Å². The molecule has 0 fully saturated rings. The summed E-state index contributed by atoms with van der Waals surface area (Å²) in [5.41, 5.74) is 1.60. The first kappa shape index (κ1) is 23.1. The molecule has 0 bridgehead atoms. The molecule has 1 unspecified atom stereocenters. The first-order valence-electron chi connectivity index (χ1n) is 10.4. The Bertz CT molecular complexity index is 1480. The van der Waals surface area contributed by atoms with Crippen LogP contribution in [0.25, 0.3) is 6.08 Å². The second kappa shape index (κ2) is 9.44. The van der Waals surface area contributed by atoms with Crippen molar-refractivity contribution >= 4 is 29.1 Å². The van der Waals surface area contributed by atoms with E-state index in [0.717, 1.165) is 0 Å². The van der Waals surface area contributed by atoms with Crippen molar-refractivity contribution in [1.29, 1.82) is 0 Å². The molecule has 0 saturated heterocycles. The van der Waals surface area contributed by atoms with E-state index in [-0.39, 0.29) is 23.4 Å². The lowest BCUT2D eigenvalue weighted by Gasteiger charge is -2.25. The van der Waals surface area contributed by atoms with E-state index in [4.69, 9.17) is 9.47 Å². The maximum atomic E-state index is 13.6. The van der Waals surface area contributed by atoms with Crippen molar-refractivity contribution in [2.75, 3.05) is 13.7 Å². The Morgan fingerprint density at radius 3 is 2.59 bits per heavy atom. The molecule has 1 aromatic heterocycles. The van der Waals surface area contributed by atoms with Gasteiger partial charge in [0.15, 0.2) is 4.80 Å². The number of fused-ring (bicyclic) bond motifs is 1. The van der Waals surface area contributed by atoms with Crippen LogP contribution in [0.1, 0.15) is 31.0 Å². The molecule has 174 valence electrons. The molecule has 0 amide bonds. The molecular weight excluding hydrogens is 458 g/mol. The molecule has 1 aliphatic rings. The lowest BCUT2D eigenvalue weighted by Crippen LogP contribution is -2.40. The number of para-hydroxylation sites is 1. The van der Waals surface area contributed by atoms with Gasteiger partial charge in [-0.3, -0.25) is 19.5 Å². The third kappa shape index (κ3) is 4.15. The molecule has 9 nitrogen and oxygen atoms in total. The van der Waals surface area contributed by atoms with E-state index in [9.17, 15) is 19.7 Å². The average molecular weight is 480 g/mol. The summed E-state index contributed by atoms with van der Waals surface area (Å²) in [5.74, 6) is -0.0294. The molecule has 0 aliphatic carbocycles. The summed E-state index contributed by atoms with van der Waals surface area (Å²) in [6.07, 6.45) is 1.65. The van der Waals surface area contributed by atoms with E-state index in [2.05, 4.69) is 4.99 Å². The predicted molar refractivity (Wildman–Crippen MR) is 126 cm³/mol. The van der Waals surface area contributed by atoms with Gasteiger partial charge in [0.1, 0.15) is 11.8 Å². The number of rotatable bonds is 6. The molecular formula is C24H21N3O6S. The van der Waals surface area contributed by atoms with E-state index in [0.29, 0.717) is 31.9 Å². The van der Waals surface area contributed by atoms with Crippen molar-refractivity contribution < 1.29 is 19.2 Å². The zero-order valence-electron chi connectivity index (χ0n) is 18.7. The van der Waals surface area contributed by atoms with Crippen molar-refractivity contribution in [3.05, 3.63) is 101 Å². The molecule has 0 N–H and O–H groups in total. The third-order valence-corrected chi connectivity index (χ3v) is 6.34. The van der Waals surface area contributed by atoms with Crippen LogP contribution in [0.2, 0.25) is 0 Å². The van der Waals surface area contributed by atoms with Crippen LogP contribution in [-0.2, 0) is 9.53 Å². The van der Waals surface area contributed by atoms with Gasteiger partial charge < -0.3 is 9.47 Å². The minimum atomic E-state index is -0.787.